The van der Waals surface area contributed by atoms with Gasteiger partial charge in [0.25, 0.3) is 5.79 Å². The molecule has 0 amide bonds. The van der Waals surface area contributed by atoms with E-state index in [0.717, 1.165) is 0 Å². The van der Waals surface area contributed by atoms with Crippen LogP contribution in [0.4, 0.5) is 0 Å². The molecular weight excluding hydrogens is 294 g/mol. The summed E-state index contributed by atoms with van der Waals surface area (Å²) in [7, 11) is 0. The molecule has 1 aliphatic rings. The molecule has 0 bridgehead atoms. The normalized spacial score (nSPS) is 16.8. The lowest BCUT2D eigenvalue weighted by Gasteiger charge is -2.30. The largest absolute Gasteiger partial charge is 0.511 e. The van der Waals surface area contributed by atoms with Crippen LogP contribution in [-0.2, 0) is 28.6 Å². The van der Waals surface area contributed by atoms with E-state index in [0.29, 0.717) is 13.0 Å². The first kappa shape index (κ1) is 18.0. The predicted octanol–water partition coefficient (Wildman–Crippen LogP) is 0.697. The Labute approximate surface area is 128 Å². The molecule has 3 N–H and O–H groups in total. The number of carbonyl (C=O) groups excluding carboxylic acids is 3. The number of carbonyl (C=O) groups is 3. The Morgan fingerprint density at radius 2 is 1.77 bits per heavy atom. The van der Waals surface area contributed by atoms with Crippen molar-refractivity contribution < 1.29 is 33.7 Å². The van der Waals surface area contributed by atoms with Crippen molar-refractivity contribution in [2.75, 3.05) is 13.2 Å². The first-order chi connectivity index (χ1) is 10.3. The second-order valence-corrected chi connectivity index (χ2v) is 5.22. The van der Waals surface area contributed by atoms with Gasteiger partial charge in [-0.3, -0.25) is 4.79 Å². The summed E-state index contributed by atoms with van der Waals surface area (Å²) < 4.78 is 14.6. The van der Waals surface area contributed by atoms with Crippen molar-refractivity contribution in [1.29, 1.82) is 0 Å². The van der Waals surface area contributed by atoms with Crippen LogP contribution < -0.4 is 5.73 Å². The first-order valence-electron chi connectivity index (χ1n) is 7.01. The molecule has 1 heterocycles. The van der Waals surface area contributed by atoms with Crippen molar-refractivity contribution in [3.63, 3.8) is 0 Å². The van der Waals surface area contributed by atoms with Crippen molar-refractivity contribution in [3.05, 3.63) is 11.3 Å². The summed E-state index contributed by atoms with van der Waals surface area (Å²) in [5.41, 5.74) is 4.73. The molecule has 0 saturated carbocycles. The average molecular weight is 315 g/mol. The monoisotopic (exact) mass is 315 g/mol. The molecule has 0 aliphatic carbocycles. The fourth-order valence-electron chi connectivity index (χ4n) is 1.76. The molecule has 1 aliphatic heterocycles. The zero-order valence-electron chi connectivity index (χ0n) is 12.7. The highest BCUT2D eigenvalue weighted by molar-refractivity contribution is 6.15. The van der Waals surface area contributed by atoms with Gasteiger partial charge in [0.1, 0.15) is 5.76 Å². The number of cyclic esters (lactones) is 2. The Morgan fingerprint density at radius 3 is 2.32 bits per heavy atom. The van der Waals surface area contributed by atoms with Gasteiger partial charge in [0.2, 0.25) is 0 Å². The number of hydrogen-bond acceptors (Lipinski definition) is 8. The van der Waals surface area contributed by atoms with Gasteiger partial charge in [-0.05, 0) is 19.4 Å². The summed E-state index contributed by atoms with van der Waals surface area (Å²) in [6.07, 6.45) is 0.818. The molecule has 0 aromatic carbocycles. The maximum atomic E-state index is 11.7. The van der Waals surface area contributed by atoms with Gasteiger partial charge in [-0.1, -0.05) is 0 Å². The summed E-state index contributed by atoms with van der Waals surface area (Å²) in [6, 6.07) is 0. The maximum absolute atomic E-state index is 11.7. The van der Waals surface area contributed by atoms with Crippen LogP contribution in [0.3, 0.4) is 0 Å². The van der Waals surface area contributed by atoms with Crippen LogP contribution in [0.2, 0.25) is 0 Å². The molecule has 0 aromatic heterocycles. The molecule has 0 atom stereocenters. The third-order valence-corrected chi connectivity index (χ3v) is 2.78. The maximum Gasteiger partial charge on any atom is 0.352 e. The molecule has 8 nitrogen and oxygen atoms in total. The van der Waals surface area contributed by atoms with Gasteiger partial charge in [0, 0.05) is 26.7 Å². The van der Waals surface area contributed by atoms with Crippen LogP contribution in [0.1, 0.15) is 39.5 Å². The topological polar surface area (TPSA) is 125 Å². The standard InChI is InChI=1S/C14H21NO7/c1-14(2)21-12(18)11(13(19)22-14)9(16)5-3-6-10(17)20-8-4-7-15/h16H,3-8,15H2,1-2H3. The zero-order chi connectivity index (χ0) is 16.8. The molecule has 22 heavy (non-hydrogen) atoms. The van der Waals surface area contributed by atoms with E-state index in [4.69, 9.17) is 19.9 Å². The summed E-state index contributed by atoms with van der Waals surface area (Å²) in [4.78, 5) is 34.7. The molecule has 0 aromatic rings. The van der Waals surface area contributed by atoms with E-state index >= 15 is 0 Å². The van der Waals surface area contributed by atoms with E-state index in [1.807, 2.05) is 0 Å². The van der Waals surface area contributed by atoms with Crippen LogP contribution in [0.5, 0.6) is 0 Å². The number of rotatable bonds is 7. The second-order valence-electron chi connectivity index (χ2n) is 5.22. The van der Waals surface area contributed by atoms with Crippen LogP contribution >= 0.6 is 0 Å². The van der Waals surface area contributed by atoms with Gasteiger partial charge in [-0.15, -0.1) is 0 Å². The Bertz CT molecular complexity index is 460. The van der Waals surface area contributed by atoms with Crippen LogP contribution in [0.25, 0.3) is 0 Å². The van der Waals surface area contributed by atoms with Gasteiger partial charge in [-0.2, -0.15) is 0 Å². The molecule has 0 spiro atoms. The minimum Gasteiger partial charge on any atom is -0.511 e. The summed E-state index contributed by atoms with van der Waals surface area (Å²) in [6.45, 7) is 3.50. The number of hydrogen-bond donors (Lipinski definition) is 2. The zero-order valence-corrected chi connectivity index (χ0v) is 12.7. The minimum atomic E-state index is -1.36. The molecule has 1 rings (SSSR count). The highest BCUT2D eigenvalue weighted by atomic mass is 16.7. The Morgan fingerprint density at radius 1 is 1.18 bits per heavy atom. The van der Waals surface area contributed by atoms with Crippen LogP contribution in [0.15, 0.2) is 11.3 Å². The third-order valence-electron chi connectivity index (χ3n) is 2.78. The number of allylic oxidation sites excluding steroid dienone is 1. The third kappa shape index (κ3) is 5.36. The van der Waals surface area contributed by atoms with Crippen molar-refractivity contribution >= 4 is 17.9 Å². The lowest BCUT2D eigenvalue weighted by atomic mass is 10.1. The number of aliphatic hydroxyl groups excluding tert-OH is 1. The van der Waals surface area contributed by atoms with Crippen LogP contribution in [0, 0.1) is 0 Å². The van der Waals surface area contributed by atoms with E-state index in [9.17, 15) is 19.5 Å². The van der Waals surface area contributed by atoms with Crippen molar-refractivity contribution in [2.45, 2.75) is 45.3 Å². The van der Waals surface area contributed by atoms with Crippen LogP contribution in [-0.4, -0.2) is 42.0 Å². The Hall–Kier alpha value is -2.09. The van der Waals surface area contributed by atoms with Crippen molar-refractivity contribution in [2.24, 2.45) is 5.73 Å². The fraction of sp³-hybridized carbons (Fsp3) is 0.643. The smallest absolute Gasteiger partial charge is 0.352 e. The molecule has 0 radical (unpaired) electrons. The second kappa shape index (κ2) is 7.79. The van der Waals surface area contributed by atoms with Gasteiger partial charge < -0.3 is 25.1 Å². The number of ether oxygens (including phenoxy) is 3. The van der Waals surface area contributed by atoms with E-state index in [2.05, 4.69) is 0 Å². The highest BCUT2D eigenvalue weighted by Gasteiger charge is 2.40. The van der Waals surface area contributed by atoms with Gasteiger partial charge in [-0.25, -0.2) is 9.59 Å². The summed E-state index contributed by atoms with van der Waals surface area (Å²) in [5, 5.41) is 9.82. The van der Waals surface area contributed by atoms with Crippen molar-refractivity contribution in [3.8, 4) is 0 Å². The molecular formula is C14H21NO7. The van der Waals surface area contributed by atoms with Gasteiger partial charge in [0.15, 0.2) is 5.57 Å². The quantitative estimate of drug-likeness (QED) is 0.231. The molecule has 1 saturated heterocycles. The lowest BCUT2D eigenvalue weighted by Crippen LogP contribution is -2.42. The summed E-state index contributed by atoms with van der Waals surface area (Å²) in [5.74, 6) is -4.12. The average Bonchev–Trinajstić information content (AvgIpc) is 2.36. The molecule has 1 fully saturated rings. The van der Waals surface area contributed by atoms with Gasteiger partial charge >= 0.3 is 17.9 Å². The van der Waals surface area contributed by atoms with E-state index in [1.54, 1.807) is 0 Å². The summed E-state index contributed by atoms with van der Waals surface area (Å²) >= 11 is 0. The number of nitrogens with two attached hydrogens (primary N) is 1. The molecule has 0 unspecified atom stereocenters. The number of aliphatic hydroxyl groups is 1. The Kier molecular flexibility index (Phi) is 6.36. The minimum absolute atomic E-state index is 0.0358. The van der Waals surface area contributed by atoms with E-state index < -0.39 is 35.0 Å². The van der Waals surface area contributed by atoms with E-state index in [1.165, 1.54) is 13.8 Å². The molecule has 8 heteroatoms. The molecule has 124 valence electrons. The van der Waals surface area contributed by atoms with Gasteiger partial charge in [0.05, 0.1) is 6.61 Å². The fourth-order valence-corrected chi connectivity index (χ4v) is 1.76. The van der Waals surface area contributed by atoms with E-state index in [-0.39, 0.29) is 25.9 Å². The first-order valence-corrected chi connectivity index (χ1v) is 7.01. The number of esters is 3. The lowest BCUT2D eigenvalue weighted by molar-refractivity contribution is -0.222. The SMILES string of the molecule is CC1(C)OC(=O)C(=C(O)CCCC(=O)OCCCN)C(=O)O1. The highest BCUT2D eigenvalue weighted by Crippen LogP contribution is 2.25. The predicted molar refractivity (Wildman–Crippen MR) is 74.4 cm³/mol. The van der Waals surface area contributed by atoms with Crippen molar-refractivity contribution in [1.82, 2.24) is 0 Å². The Balaban J connectivity index is 2.50.